The second-order valence-corrected chi connectivity index (χ2v) is 6.13. The standard InChI is InChI=1S/C24H18O2/c1-26-23-13-7-4-8-17(23)14-15-22(25)24-20-11-5-2-9-18(20)16-19-10-3-6-12-21(19)24/h2-16H,1H3/b15-14+. The summed E-state index contributed by atoms with van der Waals surface area (Å²) in [4.78, 5) is 13.1. The number of methoxy groups -OCH3 is 1. The second kappa shape index (κ2) is 6.85. The highest BCUT2D eigenvalue weighted by molar-refractivity contribution is 6.23. The van der Waals surface area contributed by atoms with Gasteiger partial charge in [0.1, 0.15) is 5.75 Å². The normalized spacial score (nSPS) is 11.3. The highest BCUT2D eigenvalue weighted by atomic mass is 16.5. The van der Waals surface area contributed by atoms with Crippen LogP contribution < -0.4 is 4.74 Å². The molecule has 0 aromatic heterocycles. The Balaban J connectivity index is 1.87. The van der Waals surface area contributed by atoms with Gasteiger partial charge in [-0.3, -0.25) is 4.79 Å². The van der Waals surface area contributed by atoms with Crippen molar-refractivity contribution in [1.82, 2.24) is 0 Å². The van der Waals surface area contributed by atoms with Gasteiger partial charge in [-0.2, -0.15) is 0 Å². The molecule has 0 N–H and O–H groups in total. The first kappa shape index (κ1) is 16.1. The van der Waals surface area contributed by atoms with Gasteiger partial charge < -0.3 is 4.74 Å². The van der Waals surface area contributed by atoms with Gasteiger partial charge in [0, 0.05) is 11.1 Å². The summed E-state index contributed by atoms with van der Waals surface area (Å²) in [6.45, 7) is 0. The van der Waals surface area contributed by atoms with E-state index in [9.17, 15) is 4.79 Å². The topological polar surface area (TPSA) is 26.3 Å². The summed E-state index contributed by atoms with van der Waals surface area (Å²) in [5.41, 5.74) is 1.62. The minimum absolute atomic E-state index is 0.0103. The highest BCUT2D eigenvalue weighted by Gasteiger charge is 2.12. The van der Waals surface area contributed by atoms with Crippen molar-refractivity contribution in [2.45, 2.75) is 0 Å². The van der Waals surface area contributed by atoms with Crippen molar-refractivity contribution < 1.29 is 9.53 Å². The Morgan fingerprint density at radius 2 is 1.38 bits per heavy atom. The van der Waals surface area contributed by atoms with E-state index in [1.165, 1.54) is 0 Å². The molecule has 0 radical (unpaired) electrons. The fourth-order valence-corrected chi connectivity index (χ4v) is 3.33. The SMILES string of the molecule is COc1ccccc1/C=C/C(=O)c1c2ccccc2cc2ccccc12. The maximum Gasteiger partial charge on any atom is 0.187 e. The molecule has 0 saturated carbocycles. The number of ketones is 1. The minimum atomic E-state index is -0.0103. The average Bonchev–Trinajstić information content (AvgIpc) is 2.70. The van der Waals surface area contributed by atoms with Crippen molar-refractivity contribution in [3.05, 3.63) is 96.1 Å². The number of para-hydroxylation sites is 1. The first-order chi connectivity index (χ1) is 12.8. The van der Waals surface area contributed by atoms with Crippen molar-refractivity contribution in [2.75, 3.05) is 7.11 Å². The van der Waals surface area contributed by atoms with Gasteiger partial charge in [-0.1, -0.05) is 66.7 Å². The molecule has 0 aliphatic carbocycles. The zero-order chi connectivity index (χ0) is 17.9. The van der Waals surface area contributed by atoms with Gasteiger partial charge in [0.2, 0.25) is 0 Å². The molecule has 0 aliphatic heterocycles. The molecule has 0 bridgehead atoms. The molecule has 2 heteroatoms. The van der Waals surface area contributed by atoms with Crippen LogP contribution in [0.25, 0.3) is 27.6 Å². The molecule has 26 heavy (non-hydrogen) atoms. The Labute approximate surface area is 152 Å². The molecule has 4 aromatic carbocycles. The molecule has 4 aromatic rings. The molecule has 4 rings (SSSR count). The number of carbonyl (C=O) groups excluding carboxylic acids is 1. The Hall–Kier alpha value is -3.39. The van der Waals surface area contributed by atoms with E-state index in [-0.39, 0.29) is 5.78 Å². The van der Waals surface area contributed by atoms with Gasteiger partial charge in [0.05, 0.1) is 7.11 Å². The molecule has 0 saturated heterocycles. The van der Waals surface area contributed by atoms with E-state index in [0.29, 0.717) is 0 Å². The Bertz CT molecular complexity index is 1090. The molecular weight excluding hydrogens is 320 g/mol. The molecule has 0 fully saturated rings. The first-order valence-corrected chi connectivity index (χ1v) is 8.54. The molecule has 0 heterocycles. The molecule has 0 unspecified atom stereocenters. The predicted molar refractivity (Wildman–Crippen MR) is 108 cm³/mol. The maximum absolute atomic E-state index is 13.1. The minimum Gasteiger partial charge on any atom is -0.496 e. The Morgan fingerprint density at radius 3 is 2.04 bits per heavy atom. The number of fused-ring (bicyclic) bond motifs is 2. The largest absolute Gasteiger partial charge is 0.496 e. The molecule has 0 aliphatic rings. The van der Waals surface area contributed by atoms with Gasteiger partial charge in [0.15, 0.2) is 5.78 Å². The van der Waals surface area contributed by atoms with Crippen molar-refractivity contribution >= 4 is 33.4 Å². The smallest absolute Gasteiger partial charge is 0.187 e. The number of hydrogen-bond acceptors (Lipinski definition) is 2. The van der Waals surface area contributed by atoms with Gasteiger partial charge in [-0.25, -0.2) is 0 Å². The van der Waals surface area contributed by atoms with Crippen LogP contribution in [-0.2, 0) is 0 Å². The summed E-state index contributed by atoms with van der Waals surface area (Å²) in [7, 11) is 1.63. The molecule has 0 spiro atoms. The van der Waals surface area contributed by atoms with Crippen LogP contribution in [0.1, 0.15) is 15.9 Å². The predicted octanol–water partition coefficient (Wildman–Crippen LogP) is 5.90. The van der Waals surface area contributed by atoms with E-state index in [0.717, 1.165) is 38.4 Å². The monoisotopic (exact) mass is 338 g/mol. The number of benzene rings is 4. The van der Waals surface area contributed by atoms with Gasteiger partial charge in [-0.05, 0) is 45.8 Å². The van der Waals surface area contributed by atoms with Crippen molar-refractivity contribution in [1.29, 1.82) is 0 Å². The van der Waals surface area contributed by atoms with Crippen LogP contribution >= 0.6 is 0 Å². The van der Waals surface area contributed by atoms with Crippen LogP contribution in [0.4, 0.5) is 0 Å². The fraction of sp³-hybridized carbons (Fsp3) is 0.0417. The number of allylic oxidation sites excluding steroid dienone is 1. The summed E-state index contributed by atoms with van der Waals surface area (Å²) >= 11 is 0. The van der Waals surface area contributed by atoms with E-state index < -0.39 is 0 Å². The molecule has 0 atom stereocenters. The Kier molecular flexibility index (Phi) is 4.24. The van der Waals surface area contributed by atoms with Gasteiger partial charge in [-0.15, -0.1) is 0 Å². The lowest BCUT2D eigenvalue weighted by Crippen LogP contribution is -1.98. The molecule has 0 amide bonds. The van der Waals surface area contributed by atoms with Crippen LogP contribution in [0.3, 0.4) is 0 Å². The van der Waals surface area contributed by atoms with Crippen LogP contribution in [-0.4, -0.2) is 12.9 Å². The van der Waals surface area contributed by atoms with Crippen molar-refractivity contribution in [3.8, 4) is 5.75 Å². The van der Waals surface area contributed by atoms with Gasteiger partial charge >= 0.3 is 0 Å². The number of ether oxygens (including phenoxy) is 1. The van der Waals surface area contributed by atoms with Gasteiger partial charge in [0.25, 0.3) is 0 Å². The van der Waals surface area contributed by atoms with E-state index in [1.807, 2.05) is 78.9 Å². The molecule has 126 valence electrons. The summed E-state index contributed by atoms with van der Waals surface area (Å²) < 4.78 is 5.36. The van der Waals surface area contributed by atoms with E-state index in [1.54, 1.807) is 13.2 Å². The first-order valence-electron chi connectivity index (χ1n) is 8.54. The van der Waals surface area contributed by atoms with Crippen LogP contribution in [0.5, 0.6) is 5.75 Å². The van der Waals surface area contributed by atoms with E-state index in [4.69, 9.17) is 4.74 Å². The Morgan fingerprint density at radius 1 is 0.808 bits per heavy atom. The summed E-state index contributed by atoms with van der Waals surface area (Å²) in [5.74, 6) is 0.739. The number of rotatable bonds is 4. The third-order valence-electron chi connectivity index (χ3n) is 4.57. The zero-order valence-electron chi connectivity index (χ0n) is 14.5. The third kappa shape index (κ3) is 2.86. The third-order valence-corrected chi connectivity index (χ3v) is 4.57. The van der Waals surface area contributed by atoms with Crippen molar-refractivity contribution in [3.63, 3.8) is 0 Å². The fourth-order valence-electron chi connectivity index (χ4n) is 3.33. The number of hydrogen-bond donors (Lipinski definition) is 0. The molecular formula is C24H18O2. The van der Waals surface area contributed by atoms with E-state index in [2.05, 4.69) is 6.07 Å². The average molecular weight is 338 g/mol. The van der Waals surface area contributed by atoms with Crippen LogP contribution in [0, 0.1) is 0 Å². The van der Waals surface area contributed by atoms with Crippen LogP contribution in [0.15, 0.2) is 84.9 Å². The molecule has 2 nitrogen and oxygen atoms in total. The maximum atomic E-state index is 13.1. The lowest BCUT2D eigenvalue weighted by molar-refractivity contribution is 0.105. The highest BCUT2D eigenvalue weighted by Crippen LogP contribution is 2.29. The quantitative estimate of drug-likeness (QED) is 0.263. The van der Waals surface area contributed by atoms with E-state index >= 15 is 0 Å². The summed E-state index contributed by atoms with van der Waals surface area (Å²) in [6.07, 6.45) is 3.45. The lowest BCUT2D eigenvalue weighted by Gasteiger charge is -2.09. The van der Waals surface area contributed by atoms with Crippen LogP contribution in [0.2, 0.25) is 0 Å². The lowest BCUT2D eigenvalue weighted by atomic mass is 9.94. The summed E-state index contributed by atoms with van der Waals surface area (Å²) in [5, 5.41) is 4.09. The zero-order valence-corrected chi connectivity index (χ0v) is 14.5. The van der Waals surface area contributed by atoms with Crippen molar-refractivity contribution in [2.24, 2.45) is 0 Å². The summed E-state index contributed by atoms with van der Waals surface area (Å²) in [6, 6.07) is 25.8. The number of carbonyl (C=O) groups is 1. The second-order valence-electron chi connectivity index (χ2n) is 6.13.